The van der Waals surface area contributed by atoms with Gasteiger partial charge in [0.2, 0.25) is 11.8 Å². The summed E-state index contributed by atoms with van der Waals surface area (Å²) < 4.78 is 0. The second-order valence-electron chi connectivity index (χ2n) is 6.88. The summed E-state index contributed by atoms with van der Waals surface area (Å²) in [5, 5.41) is 3.14. The second-order valence-corrected chi connectivity index (χ2v) is 6.88. The molecular formula is C20H30N2O2. The fourth-order valence-electron chi connectivity index (χ4n) is 3.24. The van der Waals surface area contributed by atoms with Gasteiger partial charge in [-0.2, -0.15) is 0 Å². The molecule has 0 spiro atoms. The normalized spacial score (nSPS) is 16.5. The van der Waals surface area contributed by atoms with Crippen LogP contribution in [0.3, 0.4) is 0 Å². The minimum absolute atomic E-state index is 0.0156. The molecule has 24 heavy (non-hydrogen) atoms. The fourth-order valence-corrected chi connectivity index (χ4v) is 3.24. The molecule has 2 amide bonds. The summed E-state index contributed by atoms with van der Waals surface area (Å²) in [6.07, 6.45) is 6.14. The van der Waals surface area contributed by atoms with Gasteiger partial charge in [0.15, 0.2) is 0 Å². The molecule has 1 aliphatic carbocycles. The molecule has 1 atom stereocenters. The second kappa shape index (κ2) is 8.86. The Labute approximate surface area is 145 Å². The number of hydrogen-bond donors (Lipinski definition) is 1. The summed E-state index contributed by atoms with van der Waals surface area (Å²) in [4.78, 5) is 26.7. The van der Waals surface area contributed by atoms with Gasteiger partial charge in [0, 0.05) is 19.0 Å². The van der Waals surface area contributed by atoms with Crippen molar-refractivity contribution >= 4 is 11.8 Å². The molecule has 1 aromatic carbocycles. The van der Waals surface area contributed by atoms with E-state index < -0.39 is 6.04 Å². The van der Waals surface area contributed by atoms with Crippen molar-refractivity contribution in [3.05, 3.63) is 35.4 Å². The summed E-state index contributed by atoms with van der Waals surface area (Å²) in [6, 6.07) is 7.95. The van der Waals surface area contributed by atoms with Crippen LogP contribution in [0.4, 0.5) is 0 Å². The average Bonchev–Trinajstić information content (AvgIpc) is 2.61. The Morgan fingerprint density at radius 2 is 1.79 bits per heavy atom. The number of aryl methyl sites for hydroxylation is 1. The van der Waals surface area contributed by atoms with Crippen molar-refractivity contribution in [1.29, 1.82) is 0 Å². The highest BCUT2D eigenvalue weighted by Gasteiger charge is 2.27. The number of rotatable bonds is 6. The number of hydrogen-bond acceptors (Lipinski definition) is 2. The van der Waals surface area contributed by atoms with Crippen molar-refractivity contribution in [3.8, 4) is 0 Å². The zero-order valence-corrected chi connectivity index (χ0v) is 15.2. The molecule has 0 unspecified atom stereocenters. The zero-order chi connectivity index (χ0) is 17.5. The van der Waals surface area contributed by atoms with Gasteiger partial charge in [0.25, 0.3) is 0 Å². The minimum Gasteiger partial charge on any atom is -0.352 e. The monoisotopic (exact) mass is 330 g/mol. The van der Waals surface area contributed by atoms with Crippen molar-refractivity contribution in [2.75, 3.05) is 0 Å². The zero-order valence-electron chi connectivity index (χ0n) is 15.2. The highest BCUT2D eigenvalue weighted by Crippen LogP contribution is 2.18. The lowest BCUT2D eigenvalue weighted by molar-refractivity contribution is -0.140. The fraction of sp³-hybridized carbons (Fsp3) is 0.600. The number of amides is 2. The van der Waals surface area contributed by atoms with Crippen LogP contribution < -0.4 is 5.32 Å². The van der Waals surface area contributed by atoms with Gasteiger partial charge in [-0.3, -0.25) is 9.59 Å². The lowest BCUT2D eigenvalue weighted by atomic mass is 9.95. The van der Waals surface area contributed by atoms with E-state index >= 15 is 0 Å². The Hall–Kier alpha value is -1.84. The molecular weight excluding hydrogens is 300 g/mol. The van der Waals surface area contributed by atoms with Crippen molar-refractivity contribution in [2.45, 2.75) is 77.9 Å². The predicted octanol–water partition coefficient (Wildman–Crippen LogP) is 3.57. The lowest BCUT2D eigenvalue weighted by Crippen LogP contribution is -2.50. The number of nitrogens with zero attached hydrogens (tertiary/aromatic N) is 1. The number of nitrogens with one attached hydrogen (secondary N) is 1. The molecule has 1 fully saturated rings. The molecule has 0 radical (unpaired) electrons. The molecule has 0 aromatic heterocycles. The van der Waals surface area contributed by atoms with Gasteiger partial charge >= 0.3 is 0 Å². The first kappa shape index (κ1) is 18.5. The standard InChI is InChI=1S/C20H30N2O2/c1-4-19(23)22(14-17-12-10-15(2)11-13-17)16(3)20(24)21-18-8-6-5-7-9-18/h10-13,16,18H,4-9,14H2,1-3H3,(H,21,24)/t16-/m1/s1. The van der Waals surface area contributed by atoms with Crippen LogP contribution in [0, 0.1) is 6.92 Å². The average molecular weight is 330 g/mol. The number of carbonyl (C=O) groups is 2. The summed E-state index contributed by atoms with van der Waals surface area (Å²) in [7, 11) is 0. The third-order valence-electron chi connectivity index (χ3n) is 4.89. The third kappa shape index (κ3) is 5.08. The van der Waals surface area contributed by atoms with Gasteiger partial charge in [-0.15, -0.1) is 0 Å². The predicted molar refractivity (Wildman–Crippen MR) is 96.5 cm³/mol. The molecule has 4 nitrogen and oxygen atoms in total. The van der Waals surface area contributed by atoms with Crippen molar-refractivity contribution in [1.82, 2.24) is 10.2 Å². The van der Waals surface area contributed by atoms with E-state index in [0.717, 1.165) is 18.4 Å². The van der Waals surface area contributed by atoms with Gasteiger partial charge in [0.1, 0.15) is 6.04 Å². The van der Waals surface area contributed by atoms with Crippen LogP contribution >= 0.6 is 0 Å². The molecule has 1 saturated carbocycles. The first-order valence-corrected chi connectivity index (χ1v) is 9.16. The Morgan fingerprint density at radius 1 is 1.17 bits per heavy atom. The van der Waals surface area contributed by atoms with Crippen LogP contribution in [0.2, 0.25) is 0 Å². The van der Waals surface area contributed by atoms with Gasteiger partial charge < -0.3 is 10.2 Å². The summed E-state index contributed by atoms with van der Waals surface area (Å²) in [5.74, 6) is -0.0160. The molecule has 0 saturated heterocycles. The molecule has 2 rings (SSSR count). The largest absolute Gasteiger partial charge is 0.352 e. The maximum Gasteiger partial charge on any atom is 0.242 e. The molecule has 132 valence electrons. The molecule has 1 aliphatic rings. The van der Waals surface area contributed by atoms with Crippen LogP contribution in [0.1, 0.15) is 63.5 Å². The van der Waals surface area contributed by atoms with Crippen LogP contribution in [0.15, 0.2) is 24.3 Å². The van der Waals surface area contributed by atoms with Crippen LogP contribution in [-0.4, -0.2) is 28.8 Å². The molecule has 1 aromatic rings. The van der Waals surface area contributed by atoms with E-state index in [1.165, 1.54) is 24.8 Å². The molecule has 0 heterocycles. The Balaban J connectivity index is 2.03. The topological polar surface area (TPSA) is 49.4 Å². The van der Waals surface area contributed by atoms with E-state index in [1.54, 1.807) is 4.90 Å². The van der Waals surface area contributed by atoms with Crippen molar-refractivity contribution < 1.29 is 9.59 Å². The van der Waals surface area contributed by atoms with E-state index in [2.05, 4.69) is 5.32 Å². The maximum absolute atomic E-state index is 12.6. The first-order chi connectivity index (χ1) is 11.5. The Kier molecular flexibility index (Phi) is 6.83. The molecule has 0 aliphatic heterocycles. The van der Waals surface area contributed by atoms with E-state index in [1.807, 2.05) is 45.0 Å². The highest BCUT2D eigenvalue weighted by molar-refractivity contribution is 5.87. The molecule has 0 bridgehead atoms. The van der Waals surface area contributed by atoms with Gasteiger partial charge in [0.05, 0.1) is 0 Å². The minimum atomic E-state index is -0.444. The van der Waals surface area contributed by atoms with E-state index in [9.17, 15) is 9.59 Å². The van der Waals surface area contributed by atoms with E-state index in [4.69, 9.17) is 0 Å². The maximum atomic E-state index is 12.6. The van der Waals surface area contributed by atoms with Crippen LogP contribution in [0.25, 0.3) is 0 Å². The summed E-state index contributed by atoms with van der Waals surface area (Å²) in [5.41, 5.74) is 2.25. The smallest absolute Gasteiger partial charge is 0.242 e. The summed E-state index contributed by atoms with van der Waals surface area (Å²) >= 11 is 0. The van der Waals surface area contributed by atoms with Crippen LogP contribution in [0.5, 0.6) is 0 Å². The van der Waals surface area contributed by atoms with E-state index in [-0.39, 0.29) is 17.9 Å². The first-order valence-electron chi connectivity index (χ1n) is 9.16. The van der Waals surface area contributed by atoms with Crippen molar-refractivity contribution in [3.63, 3.8) is 0 Å². The number of benzene rings is 1. The Bertz CT molecular complexity index is 547. The van der Waals surface area contributed by atoms with Crippen molar-refractivity contribution in [2.24, 2.45) is 0 Å². The van der Waals surface area contributed by atoms with Gasteiger partial charge in [-0.1, -0.05) is 56.0 Å². The third-order valence-corrected chi connectivity index (χ3v) is 4.89. The SMILES string of the molecule is CCC(=O)N(Cc1ccc(C)cc1)[C@H](C)C(=O)NC1CCCCC1. The number of carbonyl (C=O) groups excluding carboxylic acids is 2. The molecule has 4 heteroatoms. The van der Waals surface area contributed by atoms with Gasteiger partial charge in [-0.05, 0) is 32.3 Å². The van der Waals surface area contributed by atoms with E-state index in [0.29, 0.717) is 13.0 Å². The highest BCUT2D eigenvalue weighted by atomic mass is 16.2. The van der Waals surface area contributed by atoms with Crippen LogP contribution in [-0.2, 0) is 16.1 Å². The Morgan fingerprint density at radius 3 is 2.38 bits per heavy atom. The van der Waals surface area contributed by atoms with Gasteiger partial charge in [-0.25, -0.2) is 0 Å². The summed E-state index contributed by atoms with van der Waals surface area (Å²) in [6.45, 7) is 6.20. The quantitative estimate of drug-likeness (QED) is 0.867. The lowest BCUT2D eigenvalue weighted by Gasteiger charge is -2.31. The molecule has 1 N–H and O–H groups in total.